The molecule has 0 radical (unpaired) electrons. The van der Waals surface area contributed by atoms with Crippen molar-refractivity contribution in [3.63, 3.8) is 0 Å². The maximum Gasteiger partial charge on any atom is 0.341 e. The molecule has 8 nitrogen and oxygen atoms in total. The Balaban J connectivity index is 1.99. The van der Waals surface area contributed by atoms with Gasteiger partial charge in [-0.25, -0.2) is 14.8 Å². The van der Waals surface area contributed by atoms with Gasteiger partial charge in [0.1, 0.15) is 17.7 Å². The summed E-state index contributed by atoms with van der Waals surface area (Å²) >= 11 is 0. The topological polar surface area (TPSA) is 110 Å². The molecular weight excluding hydrogens is 264 g/mol. The van der Waals surface area contributed by atoms with Crippen LogP contribution in [0, 0.1) is 0 Å². The molecule has 1 saturated heterocycles. The number of aliphatic hydroxyl groups excluding tert-OH is 2. The molecule has 0 bridgehead atoms. The molecule has 2 rings (SSSR count). The fourth-order valence-electron chi connectivity index (χ4n) is 2.22. The average Bonchev–Trinajstić information content (AvgIpc) is 2.48. The quantitative estimate of drug-likeness (QED) is 0.608. The van der Waals surface area contributed by atoms with Crippen molar-refractivity contribution < 1.29 is 20.1 Å². The lowest BCUT2D eigenvalue weighted by Gasteiger charge is -2.36. The minimum Gasteiger partial charge on any atom is -0.477 e. The lowest BCUT2D eigenvalue weighted by atomic mass is 10.2. The van der Waals surface area contributed by atoms with Crippen LogP contribution in [0.4, 0.5) is 5.82 Å². The third-order valence-corrected chi connectivity index (χ3v) is 3.27. The molecule has 2 heterocycles. The second-order valence-corrected chi connectivity index (χ2v) is 4.69. The summed E-state index contributed by atoms with van der Waals surface area (Å²) in [6, 6.07) is 0. The van der Waals surface area contributed by atoms with E-state index in [1.165, 1.54) is 12.5 Å². The minimum absolute atomic E-state index is 0.0938. The molecule has 1 fully saturated rings. The fourth-order valence-corrected chi connectivity index (χ4v) is 2.22. The molecule has 20 heavy (non-hydrogen) atoms. The normalized spacial score (nSPS) is 18.0. The van der Waals surface area contributed by atoms with E-state index in [9.17, 15) is 9.90 Å². The van der Waals surface area contributed by atoms with Gasteiger partial charge in [0, 0.05) is 38.9 Å². The molecule has 1 atom stereocenters. The predicted octanol–water partition coefficient (Wildman–Crippen LogP) is -1.35. The number of β-amino-alcohol motifs (C(OH)–C–C–N with tert-alkyl or cyclic N) is 1. The Bertz CT molecular complexity index is 463. The molecule has 1 aromatic heterocycles. The van der Waals surface area contributed by atoms with Crippen LogP contribution < -0.4 is 4.90 Å². The SMILES string of the molecule is O=C(O)c1cncnc1N1CCN(CC(O)CO)CC1. The first-order valence-corrected chi connectivity index (χ1v) is 6.41. The third-order valence-electron chi connectivity index (χ3n) is 3.27. The van der Waals surface area contributed by atoms with Crippen molar-refractivity contribution in [3.8, 4) is 0 Å². The molecule has 0 spiro atoms. The molecule has 1 aromatic rings. The summed E-state index contributed by atoms with van der Waals surface area (Å²) in [5, 5.41) is 27.4. The molecule has 1 aliphatic heterocycles. The van der Waals surface area contributed by atoms with Crippen molar-refractivity contribution in [2.24, 2.45) is 0 Å². The first-order chi connectivity index (χ1) is 9.61. The molecule has 0 aliphatic carbocycles. The third kappa shape index (κ3) is 3.41. The van der Waals surface area contributed by atoms with Crippen molar-refractivity contribution in [1.82, 2.24) is 14.9 Å². The van der Waals surface area contributed by atoms with E-state index in [2.05, 4.69) is 9.97 Å². The number of aromatic nitrogens is 2. The average molecular weight is 282 g/mol. The highest BCUT2D eigenvalue weighted by Gasteiger charge is 2.23. The number of carboxylic acid groups (broad SMARTS) is 1. The van der Waals surface area contributed by atoms with E-state index in [1.54, 1.807) is 0 Å². The van der Waals surface area contributed by atoms with Crippen LogP contribution in [0.5, 0.6) is 0 Å². The zero-order valence-corrected chi connectivity index (χ0v) is 11.0. The Morgan fingerprint density at radius 1 is 1.35 bits per heavy atom. The van der Waals surface area contributed by atoms with Crippen LogP contribution in [-0.2, 0) is 0 Å². The summed E-state index contributed by atoms with van der Waals surface area (Å²) in [5.74, 6) is -0.617. The van der Waals surface area contributed by atoms with E-state index < -0.39 is 12.1 Å². The van der Waals surface area contributed by atoms with Crippen LogP contribution in [-0.4, -0.2) is 81.6 Å². The van der Waals surface area contributed by atoms with Crippen molar-refractivity contribution in [3.05, 3.63) is 18.1 Å². The number of aliphatic hydroxyl groups is 2. The number of rotatable bonds is 5. The lowest BCUT2D eigenvalue weighted by Crippen LogP contribution is -2.49. The van der Waals surface area contributed by atoms with Crippen LogP contribution in [0.1, 0.15) is 10.4 Å². The van der Waals surface area contributed by atoms with Gasteiger partial charge in [-0.1, -0.05) is 0 Å². The van der Waals surface area contributed by atoms with E-state index >= 15 is 0 Å². The van der Waals surface area contributed by atoms with Gasteiger partial charge in [-0.3, -0.25) is 4.90 Å². The highest BCUT2D eigenvalue weighted by molar-refractivity contribution is 5.92. The molecule has 0 amide bonds. The summed E-state index contributed by atoms with van der Waals surface area (Å²) in [5.41, 5.74) is 0.0938. The monoisotopic (exact) mass is 282 g/mol. The van der Waals surface area contributed by atoms with Crippen molar-refractivity contribution >= 4 is 11.8 Å². The van der Waals surface area contributed by atoms with E-state index in [0.29, 0.717) is 38.5 Å². The van der Waals surface area contributed by atoms with Gasteiger partial charge in [0.05, 0.1) is 12.7 Å². The summed E-state index contributed by atoms with van der Waals surface area (Å²) in [6.07, 6.45) is 1.89. The maximum atomic E-state index is 11.1. The van der Waals surface area contributed by atoms with Gasteiger partial charge >= 0.3 is 5.97 Å². The summed E-state index contributed by atoms with van der Waals surface area (Å²) in [7, 11) is 0. The number of carbonyl (C=O) groups is 1. The van der Waals surface area contributed by atoms with Gasteiger partial charge in [-0.2, -0.15) is 0 Å². The van der Waals surface area contributed by atoms with Crippen LogP contribution in [0.3, 0.4) is 0 Å². The number of nitrogens with zero attached hydrogens (tertiary/aromatic N) is 4. The smallest absolute Gasteiger partial charge is 0.341 e. The Morgan fingerprint density at radius 3 is 2.65 bits per heavy atom. The van der Waals surface area contributed by atoms with E-state index in [1.807, 2.05) is 9.80 Å². The van der Waals surface area contributed by atoms with Gasteiger partial charge in [-0.05, 0) is 0 Å². The van der Waals surface area contributed by atoms with Crippen molar-refractivity contribution in [2.45, 2.75) is 6.10 Å². The zero-order valence-electron chi connectivity index (χ0n) is 11.0. The van der Waals surface area contributed by atoms with E-state index in [-0.39, 0.29) is 12.2 Å². The number of anilines is 1. The number of hydrogen-bond donors (Lipinski definition) is 3. The second kappa shape index (κ2) is 6.60. The highest BCUT2D eigenvalue weighted by atomic mass is 16.4. The molecular formula is C12H18N4O4. The predicted molar refractivity (Wildman–Crippen MR) is 70.7 cm³/mol. The zero-order chi connectivity index (χ0) is 14.5. The standard InChI is InChI=1S/C12H18N4O4/c17-7-9(18)6-15-1-3-16(4-2-15)11-10(12(19)20)5-13-8-14-11/h5,8-9,17-18H,1-4,6-7H2,(H,19,20). The Kier molecular flexibility index (Phi) is 4.83. The molecule has 3 N–H and O–H groups in total. The van der Waals surface area contributed by atoms with Crippen LogP contribution >= 0.6 is 0 Å². The molecule has 1 aliphatic rings. The van der Waals surface area contributed by atoms with Gasteiger partial charge in [-0.15, -0.1) is 0 Å². The maximum absolute atomic E-state index is 11.1. The largest absolute Gasteiger partial charge is 0.477 e. The molecule has 1 unspecified atom stereocenters. The highest BCUT2D eigenvalue weighted by Crippen LogP contribution is 2.18. The lowest BCUT2D eigenvalue weighted by molar-refractivity contribution is 0.0574. The minimum atomic E-state index is -1.04. The number of carboxylic acids is 1. The molecule has 0 aromatic carbocycles. The van der Waals surface area contributed by atoms with Crippen molar-refractivity contribution in [2.75, 3.05) is 44.2 Å². The molecule has 110 valence electrons. The summed E-state index contributed by atoms with van der Waals surface area (Å²) in [6.45, 7) is 2.76. The van der Waals surface area contributed by atoms with Gasteiger partial charge in [0.2, 0.25) is 0 Å². The Hall–Kier alpha value is -1.77. The van der Waals surface area contributed by atoms with Gasteiger partial charge < -0.3 is 20.2 Å². The number of hydrogen-bond acceptors (Lipinski definition) is 7. The van der Waals surface area contributed by atoms with Crippen LogP contribution in [0.2, 0.25) is 0 Å². The Labute approximate surface area is 116 Å². The van der Waals surface area contributed by atoms with E-state index in [4.69, 9.17) is 10.2 Å². The molecule has 0 saturated carbocycles. The van der Waals surface area contributed by atoms with Crippen LogP contribution in [0.25, 0.3) is 0 Å². The van der Waals surface area contributed by atoms with Gasteiger partial charge in [0.25, 0.3) is 0 Å². The fraction of sp³-hybridized carbons (Fsp3) is 0.583. The van der Waals surface area contributed by atoms with Gasteiger partial charge in [0.15, 0.2) is 0 Å². The van der Waals surface area contributed by atoms with Crippen molar-refractivity contribution in [1.29, 1.82) is 0 Å². The number of piperazine rings is 1. The summed E-state index contributed by atoms with van der Waals surface area (Å²) < 4.78 is 0. The first-order valence-electron chi connectivity index (χ1n) is 6.41. The summed E-state index contributed by atoms with van der Waals surface area (Å²) in [4.78, 5) is 22.8. The molecule has 8 heteroatoms. The van der Waals surface area contributed by atoms with Crippen LogP contribution in [0.15, 0.2) is 12.5 Å². The number of aromatic carboxylic acids is 1. The Morgan fingerprint density at radius 2 is 2.05 bits per heavy atom. The van der Waals surface area contributed by atoms with E-state index in [0.717, 1.165) is 0 Å². The first kappa shape index (κ1) is 14.6. The second-order valence-electron chi connectivity index (χ2n) is 4.69.